The smallest absolute Gasteiger partial charge is 0.255 e. The molecule has 0 aliphatic heterocycles. The number of rotatable bonds is 6. The molecule has 0 spiro atoms. The van der Waals surface area contributed by atoms with E-state index in [0.717, 1.165) is 5.39 Å². The van der Waals surface area contributed by atoms with E-state index in [9.17, 15) is 4.79 Å². The highest BCUT2D eigenvalue weighted by Crippen LogP contribution is 2.31. The SMILES string of the molecule is CCOc1cccc2cc(C(C)NC(=O)c3coc(CN)c3)oc12.Cl. The van der Waals surface area contributed by atoms with Gasteiger partial charge in [0, 0.05) is 5.39 Å². The van der Waals surface area contributed by atoms with Gasteiger partial charge in [-0.2, -0.15) is 0 Å². The zero-order chi connectivity index (χ0) is 17.1. The van der Waals surface area contributed by atoms with Crippen molar-refractivity contribution >= 4 is 29.3 Å². The molecule has 0 saturated heterocycles. The van der Waals surface area contributed by atoms with Gasteiger partial charge in [-0.15, -0.1) is 12.4 Å². The van der Waals surface area contributed by atoms with Crippen LogP contribution in [0.3, 0.4) is 0 Å². The molecule has 3 rings (SSSR count). The molecule has 3 aromatic rings. The fourth-order valence-electron chi connectivity index (χ4n) is 2.50. The summed E-state index contributed by atoms with van der Waals surface area (Å²) in [5.74, 6) is 1.68. The molecule has 0 saturated carbocycles. The van der Waals surface area contributed by atoms with Crippen LogP contribution in [0.4, 0.5) is 0 Å². The van der Waals surface area contributed by atoms with Crippen LogP contribution in [0.1, 0.15) is 41.8 Å². The van der Waals surface area contributed by atoms with Gasteiger partial charge in [-0.05, 0) is 32.0 Å². The average Bonchev–Trinajstić information content (AvgIpc) is 3.22. The first kappa shape index (κ1) is 18.9. The number of hydrogen-bond donors (Lipinski definition) is 2. The third kappa shape index (κ3) is 3.97. The number of ether oxygens (including phenoxy) is 1. The number of nitrogens with two attached hydrogens (primary N) is 1. The van der Waals surface area contributed by atoms with Crippen molar-refractivity contribution in [2.45, 2.75) is 26.4 Å². The molecule has 134 valence electrons. The maximum Gasteiger partial charge on any atom is 0.255 e. The van der Waals surface area contributed by atoms with E-state index < -0.39 is 0 Å². The molecule has 1 atom stereocenters. The highest BCUT2D eigenvalue weighted by molar-refractivity contribution is 5.94. The number of para-hydroxylation sites is 1. The molecule has 2 aromatic heterocycles. The Kier molecular flexibility index (Phi) is 6.12. The van der Waals surface area contributed by atoms with Gasteiger partial charge in [0.2, 0.25) is 0 Å². The fourth-order valence-corrected chi connectivity index (χ4v) is 2.50. The van der Waals surface area contributed by atoms with Crippen LogP contribution in [-0.2, 0) is 6.54 Å². The Morgan fingerprint density at radius 2 is 2.16 bits per heavy atom. The highest BCUT2D eigenvalue weighted by Gasteiger charge is 2.18. The van der Waals surface area contributed by atoms with Crippen LogP contribution >= 0.6 is 12.4 Å². The number of halogens is 1. The number of hydrogen-bond acceptors (Lipinski definition) is 5. The van der Waals surface area contributed by atoms with Gasteiger partial charge in [0.15, 0.2) is 11.3 Å². The summed E-state index contributed by atoms with van der Waals surface area (Å²) in [7, 11) is 0. The molecule has 1 amide bonds. The Labute approximate surface area is 151 Å². The Morgan fingerprint density at radius 1 is 1.36 bits per heavy atom. The minimum atomic E-state index is -0.296. The van der Waals surface area contributed by atoms with Crippen molar-refractivity contribution in [1.29, 1.82) is 0 Å². The number of amides is 1. The van der Waals surface area contributed by atoms with Crippen LogP contribution in [0.25, 0.3) is 11.0 Å². The van der Waals surface area contributed by atoms with Crippen molar-refractivity contribution in [1.82, 2.24) is 5.32 Å². The summed E-state index contributed by atoms with van der Waals surface area (Å²) in [5, 5.41) is 3.82. The monoisotopic (exact) mass is 364 g/mol. The Hall–Kier alpha value is -2.44. The summed E-state index contributed by atoms with van der Waals surface area (Å²) >= 11 is 0. The summed E-state index contributed by atoms with van der Waals surface area (Å²) in [6.45, 7) is 4.60. The lowest BCUT2D eigenvalue weighted by Gasteiger charge is -2.10. The van der Waals surface area contributed by atoms with Gasteiger partial charge in [-0.1, -0.05) is 12.1 Å². The molecule has 1 unspecified atom stereocenters. The van der Waals surface area contributed by atoms with E-state index in [2.05, 4.69) is 5.32 Å². The third-order valence-corrected chi connectivity index (χ3v) is 3.72. The van der Waals surface area contributed by atoms with Gasteiger partial charge < -0.3 is 24.6 Å². The first-order valence-corrected chi connectivity index (χ1v) is 7.86. The maximum absolute atomic E-state index is 12.3. The van der Waals surface area contributed by atoms with Crippen molar-refractivity contribution < 1.29 is 18.4 Å². The van der Waals surface area contributed by atoms with Crippen LogP contribution < -0.4 is 15.8 Å². The van der Waals surface area contributed by atoms with E-state index in [1.54, 1.807) is 6.07 Å². The normalized spacial score (nSPS) is 11.8. The quantitative estimate of drug-likeness (QED) is 0.694. The molecule has 3 N–H and O–H groups in total. The molecule has 1 aromatic carbocycles. The second-order valence-corrected chi connectivity index (χ2v) is 5.46. The predicted molar refractivity (Wildman–Crippen MR) is 97.1 cm³/mol. The van der Waals surface area contributed by atoms with E-state index in [1.165, 1.54) is 6.26 Å². The maximum atomic E-state index is 12.3. The molecule has 0 bridgehead atoms. The molecule has 7 heteroatoms. The minimum Gasteiger partial charge on any atom is -0.490 e. The first-order valence-electron chi connectivity index (χ1n) is 7.86. The number of furan rings is 2. The Morgan fingerprint density at radius 3 is 2.84 bits per heavy atom. The van der Waals surface area contributed by atoms with Gasteiger partial charge in [-0.25, -0.2) is 0 Å². The lowest BCUT2D eigenvalue weighted by Crippen LogP contribution is -2.25. The molecule has 0 fully saturated rings. The summed E-state index contributed by atoms with van der Waals surface area (Å²) in [6, 6.07) is 8.97. The minimum absolute atomic E-state index is 0. The van der Waals surface area contributed by atoms with Crippen molar-refractivity contribution in [3.63, 3.8) is 0 Å². The van der Waals surface area contributed by atoms with Crippen LogP contribution in [0.15, 0.2) is 45.4 Å². The number of carbonyl (C=O) groups is 1. The van der Waals surface area contributed by atoms with Crippen molar-refractivity contribution in [3.8, 4) is 5.75 Å². The second-order valence-electron chi connectivity index (χ2n) is 5.46. The van der Waals surface area contributed by atoms with Crippen LogP contribution in [0, 0.1) is 0 Å². The van der Waals surface area contributed by atoms with E-state index >= 15 is 0 Å². The molecule has 0 aliphatic rings. The number of fused-ring (bicyclic) bond motifs is 1. The number of carbonyl (C=O) groups excluding carboxylic acids is 1. The fraction of sp³-hybridized carbons (Fsp3) is 0.278. The number of benzene rings is 1. The summed E-state index contributed by atoms with van der Waals surface area (Å²) in [5.41, 5.74) is 6.61. The largest absolute Gasteiger partial charge is 0.490 e. The molecule has 0 aliphatic carbocycles. The van der Waals surface area contributed by atoms with Gasteiger partial charge in [-0.3, -0.25) is 4.79 Å². The number of nitrogens with one attached hydrogen (secondary N) is 1. The van der Waals surface area contributed by atoms with Crippen LogP contribution in [0.5, 0.6) is 5.75 Å². The van der Waals surface area contributed by atoms with E-state index in [1.807, 2.05) is 38.1 Å². The highest BCUT2D eigenvalue weighted by atomic mass is 35.5. The van der Waals surface area contributed by atoms with E-state index in [-0.39, 0.29) is 30.9 Å². The Bertz CT molecular complexity index is 856. The van der Waals surface area contributed by atoms with Crippen molar-refractivity contribution in [2.75, 3.05) is 6.61 Å². The zero-order valence-corrected chi connectivity index (χ0v) is 14.9. The Balaban J connectivity index is 0.00000225. The summed E-state index contributed by atoms with van der Waals surface area (Å²) < 4.78 is 16.7. The van der Waals surface area contributed by atoms with Crippen LogP contribution in [0.2, 0.25) is 0 Å². The average molecular weight is 365 g/mol. The molecular weight excluding hydrogens is 344 g/mol. The van der Waals surface area contributed by atoms with Crippen LogP contribution in [-0.4, -0.2) is 12.5 Å². The standard InChI is InChI=1S/C18H20N2O4.ClH/c1-3-22-15-6-4-5-12-8-16(24-17(12)15)11(2)20-18(21)13-7-14(9-19)23-10-13;/h4-8,10-11H,3,9,19H2,1-2H3,(H,20,21);1H. The summed E-state index contributed by atoms with van der Waals surface area (Å²) in [4.78, 5) is 12.3. The van der Waals surface area contributed by atoms with E-state index in [4.69, 9.17) is 19.3 Å². The predicted octanol–water partition coefficient (Wildman–Crippen LogP) is 3.80. The molecule has 6 nitrogen and oxygen atoms in total. The third-order valence-electron chi connectivity index (χ3n) is 3.72. The lowest BCUT2D eigenvalue weighted by molar-refractivity contribution is 0.0935. The second kappa shape index (κ2) is 8.09. The molecular formula is C18H21ClN2O4. The van der Waals surface area contributed by atoms with Gasteiger partial charge in [0.25, 0.3) is 5.91 Å². The van der Waals surface area contributed by atoms with Gasteiger partial charge >= 0.3 is 0 Å². The molecule has 25 heavy (non-hydrogen) atoms. The van der Waals surface area contributed by atoms with Gasteiger partial charge in [0.1, 0.15) is 17.8 Å². The van der Waals surface area contributed by atoms with Gasteiger partial charge in [0.05, 0.1) is 24.8 Å². The van der Waals surface area contributed by atoms with Crippen molar-refractivity contribution in [2.24, 2.45) is 5.73 Å². The molecule has 2 heterocycles. The summed E-state index contributed by atoms with van der Waals surface area (Å²) in [6.07, 6.45) is 1.40. The molecule has 0 radical (unpaired) electrons. The van der Waals surface area contributed by atoms with E-state index in [0.29, 0.717) is 35.0 Å². The topological polar surface area (TPSA) is 90.6 Å². The first-order chi connectivity index (χ1) is 11.6. The lowest BCUT2D eigenvalue weighted by atomic mass is 10.2. The zero-order valence-electron chi connectivity index (χ0n) is 14.1. The van der Waals surface area contributed by atoms with Crippen molar-refractivity contribution in [3.05, 3.63) is 53.7 Å².